The second-order valence-electron chi connectivity index (χ2n) is 4.83. The number of carbonyl (C=O) groups excluding carboxylic acids is 1. The standard InChI is InChI=1S/C14H20N2O2/c1-11(17)12-5-8-16(9-6-12)10-13-4-3-7-15-14(13)18-2/h3-4,7,12H,5-6,8-10H2,1-2H3. The molecule has 4 nitrogen and oxygen atoms in total. The zero-order chi connectivity index (χ0) is 13.0. The van der Waals surface area contributed by atoms with Crippen LogP contribution in [0.5, 0.6) is 5.88 Å². The lowest BCUT2D eigenvalue weighted by atomic mass is 9.93. The molecular weight excluding hydrogens is 228 g/mol. The average Bonchev–Trinajstić information content (AvgIpc) is 2.40. The Hall–Kier alpha value is -1.42. The van der Waals surface area contributed by atoms with Crippen LogP contribution in [0.4, 0.5) is 0 Å². The van der Waals surface area contributed by atoms with E-state index in [0.29, 0.717) is 11.7 Å². The molecular formula is C14H20N2O2. The van der Waals surface area contributed by atoms with Crippen LogP contribution in [-0.2, 0) is 11.3 Å². The second-order valence-corrected chi connectivity index (χ2v) is 4.83. The van der Waals surface area contributed by atoms with Gasteiger partial charge in [-0.15, -0.1) is 0 Å². The zero-order valence-corrected chi connectivity index (χ0v) is 11.1. The summed E-state index contributed by atoms with van der Waals surface area (Å²) in [5.41, 5.74) is 1.11. The third kappa shape index (κ3) is 3.07. The van der Waals surface area contributed by atoms with Crippen molar-refractivity contribution in [3.63, 3.8) is 0 Å². The monoisotopic (exact) mass is 248 g/mol. The highest BCUT2D eigenvalue weighted by atomic mass is 16.5. The van der Waals surface area contributed by atoms with Crippen molar-refractivity contribution in [2.24, 2.45) is 5.92 Å². The number of pyridine rings is 1. The summed E-state index contributed by atoms with van der Waals surface area (Å²) in [6.07, 6.45) is 3.68. The third-order valence-corrected chi connectivity index (χ3v) is 3.60. The van der Waals surface area contributed by atoms with Crippen molar-refractivity contribution in [2.75, 3.05) is 20.2 Å². The number of ether oxygens (including phenoxy) is 1. The summed E-state index contributed by atoms with van der Waals surface area (Å²) >= 11 is 0. The SMILES string of the molecule is COc1ncccc1CN1CCC(C(C)=O)CC1. The molecule has 1 aliphatic rings. The summed E-state index contributed by atoms with van der Waals surface area (Å²) < 4.78 is 5.25. The summed E-state index contributed by atoms with van der Waals surface area (Å²) in [7, 11) is 1.65. The van der Waals surface area contributed by atoms with Crippen molar-refractivity contribution in [3.8, 4) is 5.88 Å². The molecule has 0 N–H and O–H groups in total. The fourth-order valence-corrected chi connectivity index (χ4v) is 2.47. The van der Waals surface area contributed by atoms with Crippen LogP contribution in [-0.4, -0.2) is 35.9 Å². The van der Waals surface area contributed by atoms with E-state index < -0.39 is 0 Å². The molecule has 0 saturated carbocycles. The van der Waals surface area contributed by atoms with E-state index in [1.165, 1.54) is 0 Å². The molecule has 1 aromatic heterocycles. The Bertz CT molecular complexity index is 412. The van der Waals surface area contributed by atoms with Crippen molar-refractivity contribution >= 4 is 5.78 Å². The minimum Gasteiger partial charge on any atom is -0.481 e. The molecule has 1 saturated heterocycles. The molecule has 0 aliphatic carbocycles. The van der Waals surface area contributed by atoms with Crippen molar-refractivity contribution in [1.29, 1.82) is 0 Å². The van der Waals surface area contributed by atoms with Gasteiger partial charge in [0.2, 0.25) is 5.88 Å². The minimum atomic E-state index is 0.261. The summed E-state index contributed by atoms with van der Waals surface area (Å²) in [6.45, 7) is 4.50. The molecule has 2 heterocycles. The van der Waals surface area contributed by atoms with E-state index >= 15 is 0 Å². The molecule has 0 amide bonds. The highest BCUT2D eigenvalue weighted by molar-refractivity contribution is 5.78. The molecule has 0 unspecified atom stereocenters. The lowest BCUT2D eigenvalue weighted by Crippen LogP contribution is -2.35. The fraction of sp³-hybridized carbons (Fsp3) is 0.571. The van der Waals surface area contributed by atoms with Crippen LogP contribution in [0.1, 0.15) is 25.3 Å². The van der Waals surface area contributed by atoms with Crippen molar-refractivity contribution in [1.82, 2.24) is 9.88 Å². The van der Waals surface area contributed by atoms with E-state index in [9.17, 15) is 4.79 Å². The number of piperidine rings is 1. The van der Waals surface area contributed by atoms with Crippen molar-refractivity contribution < 1.29 is 9.53 Å². The van der Waals surface area contributed by atoms with Crippen LogP contribution >= 0.6 is 0 Å². The number of aromatic nitrogens is 1. The van der Waals surface area contributed by atoms with Gasteiger partial charge in [-0.3, -0.25) is 9.69 Å². The Labute approximate surface area is 108 Å². The fourth-order valence-electron chi connectivity index (χ4n) is 2.47. The number of rotatable bonds is 4. The van der Waals surface area contributed by atoms with Gasteiger partial charge in [-0.25, -0.2) is 4.98 Å². The van der Waals surface area contributed by atoms with Crippen molar-refractivity contribution in [3.05, 3.63) is 23.9 Å². The Morgan fingerprint density at radius 2 is 2.22 bits per heavy atom. The molecule has 98 valence electrons. The van der Waals surface area contributed by atoms with Crippen LogP contribution in [0.25, 0.3) is 0 Å². The maximum atomic E-state index is 11.3. The molecule has 0 aromatic carbocycles. The van der Waals surface area contributed by atoms with Gasteiger partial charge in [0.25, 0.3) is 0 Å². The number of hydrogen-bond acceptors (Lipinski definition) is 4. The highest BCUT2D eigenvalue weighted by Gasteiger charge is 2.22. The first-order valence-corrected chi connectivity index (χ1v) is 6.41. The minimum absolute atomic E-state index is 0.261. The lowest BCUT2D eigenvalue weighted by molar-refractivity contribution is -0.122. The molecule has 0 radical (unpaired) electrons. The number of Topliss-reactive ketones (excluding diaryl/α,β-unsaturated/α-hetero) is 1. The average molecular weight is 248 g/mol. The van der Waals surface area contributed by atoms with Gasteiger partial charge in [0.05, 0.1) is 7.11 Å². The molecule has 18 heavy (non-hydrogen) atoms. The van der Waals surface area contributed by atoms with Gasteiger partial charge in [0, 0.05) is 24.2 Å². The van der Waals surface area contributed by atoms with Crippen LogP contribution < -0.4 is 4.74 Å². The number of carbonyl (C=O) groups is 1. The zero-order valence-electron chi connectivity index (χ0n) is 11.1. The van der Waals surface area contributed by atoms with Gasteiger partial charge in [-0.1, -0.05) is 6.07 Å². The maximum absolute atomic E-state index is 11.3. The molecule has 1 aromatic rings. The molecule has 0 spiro atoms. The van der Waals surface area contributed by atoms with Gasteiger partial charge in [-0.05, 0) is 38.9 Å². The third-order valence-electron chi connectivity index (χ3n) is 3.60. The van der Waals surface area contributed by atoms with Gasteiger partial charge in [0.15, 0.2) is 0 Å². The number of ketones is 1. The molecule has 1 aliphatic heterocycles. The summed E-state index contributed by atoms with van der Waals surface area (Å²) in [4.78, 5) is 17.9. The molecule has 2 rings (SSSR count). The summed E-state index contributed by atoms with van der Waals surface area (Å²) in [5, 5.41) is 0. The molecule has 0 atom stereocenters. The van der Waals surface area contributed by atoms with Crippen LogP contribution in [0.2, 0.25) is 0 Å². The van der Waals surface area contributed by atoms with E-state index in [4.69, 9.17) is 4.74 Å². The smallest absolute Gasteiger partial charge is 0.217 e. The van der Waals surface area contributed by atoms with Crippen LogP contribution in [0.3, 0.4) is 0 Å². The van der Waals surface area contributed by atoms with Crippen LogP contribution in [0, 0.1) is 5.92 Å². The van der Waals surface area contributed by atoms with E-state index in [1.54, 1.807) is 20.2 Å². The normalized spacial score (nSPS) is 17.7. The number of methoxy groups -OCH3 is 1. The van der Waals surface area contributed by atoms with Gasteiger partial charge >= 0.3 is 0 Å². The predicted molar refractivity (Wildman–Crippen MR) is 69.5 cm³/mol. The van der Waals surface area contributed by atoms with Crippen molar-refractivity contribution in [2.45, 2.75) is 26.3 Å². The van der Waals surface area contributed by atoms with E-state index in [0.717, 1.165) is 38.0 Å². The first-order chi connectivity index (χ1) is 8.70. The van der Waals surface area contributed by atoms with Gasteiger partial charge in [-0.2, -0.15) is 0 Å². The summed E-state index contributed by atoms with van der Waals surface area (Å²) in [6, 6.07) is 3.98. The molecule has 0 bridgehead atoms. The Morgan fingerprint density at radius 3 is 2.83 bits per heavy atom. The van der Waals surface area contributed by atoms with E-state index in [1.807, 2.05) is 12.1 Å². The van der Waals surface area contributed by atoms with E-state index in [2.05, 4.69) is 9.88 Å². The van der Waals surface area contributed by atoms with Gasteiger partial charge < -0.3 is 4.74 Å². The topological polar surface area (TPSA) is 42.4 Å². The first kappa shape index (κ1) is 13.0. The second kappa shape index (κ2) is 5.96. The lowest BCUT2D eigenvalue weighted by Gasteiger charge is -2.30. The Kier molecular flexibility index (Phi) is 4.31. The molecule has 1 fully saturated rings. The highest BCUT2D eigenvalue weighted by Crippen LogP contribution is 2.22. The largest absolute Gasteiger partial charge is 0.481 e. The maximum Gasteiger partial charge on any atom is 0.217 e. The predicted octanol–water partition coefficient (Wildman–Crippen LogP) is 1.89. The molecule has 4 heteroatoms. The number of nitrogens with zero attached hydrogens (tertiary/aromatic N) is 2. The first-order valence-electron chi connectivity index (χ1n) is 6.41. The summed E-state index contributed by atoms with van der Waals surface area (Å²) in [5.74, 6) is 1.29. The van der Waals surface area contributed by atoms with E-state index in [-0.39, 0.29) is 5.92 Å². The van der Waals surface area contributed by atoms with Crippen LogP contribution in [0.15, 0.2) is 18.3 Å². The Morgan fingerprint density at radius 1 is 1.50 bits per heavy atom. The van der Waals surface area contributed by atoms with Gasteiger partial charge in [0.1, 0.15) is 5.78 Å². The number of likely N-dealkylation sites (tertiary alicyclic amines) is 1. The number of hydrogen-bond donors (Lipinski definition) is 0. The Balaban J connectivity index is 1.93. The quantitative estimate of drug-likeness (QED) is 0.816.